The van der Waals surface area contributed by atoms with E-state index >= 15 is 0 Å². The molecule has 0 aliphatic carbocycles. The van der Waals surface area contributed by atoms with Gasteiger partial charge in [-0.25, -0.2) is 0 Å². The van der Waals surface area contributed by atoms with Crippen molar-refractivity contribution in [2.24, 2.45) is 0 Å². The lowest BCUT2D eigenvalue weighted by atomic mass is 10.2. The lowest BCUT2D eigenvalue weighted by Gasteiger charge is -2.34. The van der Waals surface area contributed by atoms with E-state index in [-0.39, 0.29) is 0 Å². The third kappa shape index (κ3) is 3.29. The van der Waals surface area contributed by atoms with Gasteiger partial charge in [0.05, 0.1) is 11.2 Å². The first-order valence-electron chi connectivity index (χ1n) is 7.20. The minimum atomic E-state index is 0.728. The van der Waals surface area contributed by atoms with Crippen LogP contribution in [0, 0.1) is 0 Å². The number of rotatable bonds is 4. The Hall–Kier alpha value is -1.16. The summed E-state index contributed by atoms with van der Waals surface area (Å²) in [4.78, 5) is 9.65. The maximum atomic E-state index is 5.79. The Kier molecular flexibility index (Phi) is 4.51. The Morgan fingerprint density at radius 1 is 0.950 bits per heavy atom. The summed E-state index contributed by atoms with van der Waals surface area (Å²) in [6.45, 7) is 6.38. The lowest BCUT2D eigenvalue weighted by molar-refractivity contribution is 0.131. The van der Waals surface area contributed by atoms with Crippen molar-refractivity contribution in [2.45, 2.75) is 6.54 Å². The smallest absolute Gasteiger partial charge is 0.0705 e. The van der Waals surface area contributed by atoms with E-state index in [1.54, 1.807) is 0 Å². The molecule has 3 rings (SSSR count). The summed E-state index contributed by atoms with van der Waals surface area (Å²) in [5, 5.41) is 1.21. The van der Waals surface area contributed by atoms with Gasteiger partial charge >= 0.3 is 0 Å². The number of halogens is 1. The first-order valence-corrected chi connectivity index (χ1v) is 7.74. The van der Waals surface area contributed by atoms with E-state index in [2.05, 4.69) is 40.1 Å². The fourth-order valence-electron chi connectivity index (χ4n) is 2.72. The molecule has 4 heteroatoms. The van der Waals surface area contributed by atoms with Crippen LogP contribution < -0.4 is 0 Å². The van der Waals surface area contributed by atoms with E-state index < -0.39 is 0 Å². The molecule has 0 atom stereocenters. The van der Waals surface area contributed by atoms with Gasteiger partial charge in [0, 0.05) is 50.5 Å². The van der Waals surface area contributed by atoms with E-state index in [9.17, 15) is 0 Å². The Bertz CT molecular complexity index is 564. The highest BCUT2D eigenvalue weighted by Crippen LogP contribution is 2.14. The number of nitrogens with zero attached hydrogens (tertiary/aromatic N) is 3. The number of hydrogen-bond donors (Lipinski definition) is 0. The van der Waals surface area contributed by atoms with Crippen LogP contribution in [0.15, 0.2) is 36.4 Å². The number of alkyl halides is 1. The summed E-state index contributed by atoms with van der Waals surface area (Å²) in [7, 11) is 0. The van der Waals surface area contributed by atoms with Crippen molar-refractivity contribution >= 4 is 22.5 Å². The topological polar surface area (TPSA) is 19.4 Å². The second-order valence-electron chi connectivity index (χ2n) is 5.30. The first-order chi connectivity index (χ1) is 9.85. The third-order valence-corrected chi connectivity index (χ3v) is 4.08. The zero-order valence-electron chi connectivity index (χ0n) is 11.6. The molecule has 0 N–H and O–H groups in total. The Labute approximate surface area is 125 Å². The highest BCUT2D eigenvalue weighted by Gasteiger charge is 2.16. The molecule has 0 amide bonds. The number of para-hydroxylation sites is 1. The van der Waals surface area contributed by atoms with E-state index in [0.717, 1.165) is 56.4 Å². The Balaban J connectivity index is 1.62. The maximum absolute atomic E-state index is 5.79. The summed E-state index contributed by atoms with van der Waals surface area (Å²) in [5.41, 5.74) is 2.25. The molecule has 0 spiro atoms. The second-order valence-corrected chi connectivity index (χ2v) is 5.68. The number of pyridine rings is 1. The normalized spacial score (nSPS) is 17.6. The average molecular weight is 290 g/mol. The van der Waals surface area contributed by atoms with Crippen LogP contribution in [-0.2, 0) is 6.54 Å². The number of fused-ring (bicyclic) bond motifs is 1. The van der Waals surface area contributed by atoms with Gasteiger partial charge in [0.15, 0.2) is 0 Å². The quantitative estimate of drug-likeness (QED) is 0.807. The fraction of sp³-hybridized carbons (Fsp3) is 0.438. The van der Waals surface area contributed by atoms with Crippen LogP contribution >= 0.6 is 11.6 Å². The molecule has 106 valence electrons. The van der Waals surface area contributed by atoms with Crippen LogP contribution in [-0.4, -0.2) is 53.4 Å². The van der Waals surface area contributed by atoms with Crippen LogP contribution in [0.3, 0.4) is 0 Å². The molecule has 2 heterocycles. The molecular weight excluding hydrogens is 270 g/mol. The fourth-order valence-corrected chi connectivity index (χ4v) is 2.95. The van der Waals surface area contributed by atoms with Crippen molar-refractivity contribution in [1.29, 1.82) is 0 Å². The summed E-state index contributed by atoms with van der Waals surface area (Å²) in [6.07, 6.45) is 0. The predicted octanol–water partition coefficient (Wildman–Crippen LogP) is 2.59. The van der Waals surface area contributed by atoms with Gasteiger partial charge < -0.3 is 0 Å². The third-order valence-electron chi connectivity index (χ3n) is 3.91. The number of aromatic nitrogens is 1. The zero-order chi connectivity index (χ0) is 13.8. The van der Waals surface area contributed by atoms with Crippen molar-refractivity contribution in [3.63, 3.8) is 0 Å². The van der Waals surface area contributed by atoms with E-state index in [4.69, 9.17) is 16.6 Å². The predicted molar refractivity (Wildman–Crippen MR) is 84.2 cm³/mol. The monoisotopic (exact) mass is 289 g/mol. The summed E-state index contributed by atoms with van der Waals surface area (Å²) in [5.74, 6) is 0.728. The molecule has 1 fully saturated rings. The SMILES string of the molecule is ClCCN1CCN(Cc2ccc3ccccc3n2)CC1. The second kappa shape index (κ2) is 6.53. The molecule has 2 aromatic rings. The van der Waals surface area contributed by atoms with Gasteiger partial charge in [0.1, 0.15) is 0 Å². The largest absolute Gasteiger partial charge is 0.300 e. The van der Waals surface area contributed by atoms with Gasteiger partial charge in [0.25, 0.3) is 0 Å². The van der Waals surface area contributed by atoms with Crippen LogP contribution in [0.2, 0.25) is 0 Å². The van der Waals surface area contributed by atoms with Gasteiger partial charge in [-0.2, -0.15) is 0 Å². The van der Waals surface area contributed by atoms with Crippen molar-refractivity contribution in [2.75, 3.05) is 38.6 Å². The minimum Gasteiger partial charge on any atom is -0.300 e. The van der Waals surface area contributed by atoms with Crippen LogP contribution in [0.1, 0.15) is 5.69 Å². The maximum Gasteiger partial charge on any atom is 0.0705 e. The number of hydrogen-bond acceptors (Lipinski definition) is 3. The lowest BCUT2D eigenvalue weighted by Crippen LogP contribution is -2.46. The van der Waals surface area contributed by atoms with Crippen molar-refractivity contribution in [3.05, 3.63) is 42.1 Å². The number of benzene rings is 1. The standard InChI is InChI=1S/C16H20ClN3/c17-7-8-19-9-11-20(12-10-19)13-15-6-5-14-3-1-2-4-16(14)18-15/h1-6H,7-13H2. The average Bonchev–Trinajstić information content (AvgIpc) is 2.49. The van der Waals surface area contributed by atoms with E-state index in [0.29, 0.717) is 0 Å². The molecule has 0 radical (unpaired) electrons. The molecule has 1 aliphatic heterocycles. The molecule has 0 unspecified atom stereocenters. The molecule has 1 aromatic heterocycles. The molecule has 1 aromatic carbocycles. The van der Waals surface area contributed by atoms with Gasteiger partial charge in [-0.3, -0.25) is 14.8 Å². The van der Waals surface area contributed by atoms with Crippen LogP contribution in [0.25, 0.3) is 10.9 Å². The number of piperazine rings is 1. The summed E-state index contributed by atoms with van der Waals surface area (Å²) >= 11 is 5.79. The highest BCUT2D eigenvalue weighted by atomic mass is 35.5. The highest BCUT2D eigenvalue weighted by molar-refractivity contribution is 6.18. The van der Waals surface area contributed by atoms with Crippen LogP contribution in [0.4, 0.5) is 0 Å². The zero-order valence-corrected chi connectivity index (χ0v) is 12.4. The molecule has 0 bridgehead atoms. The Morgan fingerprint density at radius 3 is 2.50 bits per heavy atom. The molecule has 0 saturated carbocycles. The van der Waals surface area contributed by atoms with Gasteiger partial charge in [-0.1, -0.05) is 24.3 Å². The molecular formula is C16H20ClN3. The molecule has 20 heavy (non-hydrogen) atoms. The minimum absolute atomic E-state index is 0.728. The van der Waals surface area contributed by atoms with Gasteiger partial charge in [-0.05, 0) is 12.1 Å². The van der Waals surface area contributed by atoms with Crippen LogP contribution in [0.5, 0.6) is 0 Å². The first kappa shape index (κ1) is 13.8. The van der Waals surface area contributed by atoms with Crippen molar-refractivity contribution in [3.8, 4) is 0 Å². The van der Waals surface area contributed by atoms with Crippen molar-refractivity contribution in [1.82, 2.24) is 14.8 Å². The summed E-state index contributed by atoms with van der Waals surface area (Å²) in [6, 6.07) is 12.6. The molecule has 1 aliphatic rings. The van der Waals surface area contributed by atoms with Gasteiger partial charge in [0.2, 0.25) is 0 Å². The van der Waals surface area contributed by atoms with E-state index in [1.807, 2.05) is 6.07 Å². The summed E-state index contributed by atoms with van der Waals surface area (Å²) < 4.78 is 0. The van der Waals surface area contributed by atoms with E-state index in [1.165, 1.54) is 5.39 Å². The molecule has 3 nitrogen and oxygen atoms in total. The molecule has 1 saturated heterocycles. The van der Waals surface area contributed by atoms with Crippen molar-refractivity contribution < 1.29 is 0 Å². The van der Waals surface area contributed by atoms with Gasteiger partial charge in [-0.15, -0.1) is 11.6 Å². The Morgan fingerprint density at radius 2 is 1.70 bits per heavy atom.